The van der Waals surface area contributed by atoms with Crippen molar-refractivity contribution in [2.75, 3.05) is 13.2 Å². The maximum atomic E-state index is 11.6. The molecule has 0 bridgehead atoms. The van der Waals surface area contributed by atoms with Crippen molar-refractivity contribution < 1.29 is 29.4 Å². The third-order valence-corrected chi connectivity index (χ3v) is 5.89. The van der Waals surface area contributed by atoms with E-state index < -0.39 is 29.4 Å². The average Bonchev–Trinajstić information content (AvgIpc) is 3.39. The first kappa shape index (κ1) is 36.4. The van der Waals surface area contributed by atoms with Crippen LogP contribution in [0.4, 0.5) is 0 Å². The van der Waals surface area contributed by atoms with Crippen molar-refractivity contribution in [3.63, 3.8) is 0 Å². The van der Waals surface area contributed by atoms with Crippen LogP contribution in [0.2, 0.25) is 0 Å². The number of rotatable bonds is 20. The minimum Gasteiger partial charge on any atom is -0.352 e. The highest BCUT2D eigenvalue weighted by Crippen LogP contribution is 2.28. The minimum absolute atomic E-state index is 0.233. The summed E-state index contributed by atoms with van der Waals surface area (Å²) in [5.41, 5.74) is 0. The molecule has 216 valence electrons. The maximum Gasteiger partial charge on any atom is 0.294 e. The van der Waals surface area contributed by atoms with Gasteiger partial charge in [0.05, 0.1) is 6.04 Å². The van der Waals surface area contributed by atoms with Crippen molar-refractivity contribution in [2.24, 2.45) is 5.92 Å². The number of hydrogen-bond acceptors (Lipinski definition) is 8. The van der Waals surface area contributed by atoms with E-state index in [0.29, 0.717) is 5.78 Å². The first-order valence-electron chi connectivity index (χ1n) is 13.7. The molecular weight excluding hydrogens is 482 g/mol. The van der Waals surface area contributed by atoms with E-state index in [1.165, 1.54) is 77.0 Å². The lowest BCUT2D eigenvalue weighted by Gasteiger charge is -2.12. The second-order valence-corrected chi connectivity index (χ2v) is 9.12. The number of unbranched alkanes of at least 4 members (excludes halogenated alkanes) is 6. The second-order valence-electron chi connectivity index (χ2n) is 9.12. The fourth-order valence-corrected chi connectivity index (χ4v) is 3.75. The van der Waals surface area contributed by atoms with Crippen LogP contribution < -0.4 is 5.32 Å². The van der Waals surface area contributed by atoms with Crippen LogP contribution in [0.1, 0.15) is 117 Å². The van der Waals surface area contributed by atoms with Crippen molar-refractivity contribution in [1.82, 2.24) is 5.32 Å². The summed E-state index contributed by atoms with van der Waals surface area (Å²) in [5.74, 6) is 1.40. The van der Waals surface area contributed by atoms with Crippen LogP contribution in [0.25, 0.3) is 0 Å². The van der Waals surface area contributed by atoms with Gasteiger partial charge in [-0.2, -0.15) is 0 Å². The molecule has 0 spiro atoms. The Labute approximate surface area is 221 Å². The van der Waals surface area contributed by atoms with Gasteiger partial charge in [0, 0.05) is 12.8 Å². The van der Waals surface area contributed by atoms with Crippen molar-refractivity contribution in [2.45, 2.75) is 123 Å². The van der Waals surface area contributed by atoms with Gasteiger partial charge in [-0.1, -0.05) is 90.2 Å². The Balaban J connectivity index is 0. The molecule has 0 atom stereocenters. The SMILES string of the molecule is C/C=C\CCCC.CCCCCCCC(=O)CCC1CCCC1.O=CNC(CO[N+](=O)[O-])CO[N+](=O)[O-]. The highest BCUT2D eigenvalue weighted by molar-refractivity contribution is 5.78. The maximum absolute atomic E-state index is 11.6. The number of hydrogen-bond donors (Lipinski definition) is 1. The molecule has 1 fully saturated rings. The number of nitrogens with one attached hydrogen (secondary N) is 1. The Kier molecular flexibility index (Phi) is 27.4. The lowest BCUT2D eigenvalue weighted by Crippen LogP contribution is -2.38. The fraction of sp³-hybridized carbons (Fsp3) is 0.846. The molecule has 37 heavy (non-hydrogen) atoms. The standard InChI is InChI=1S/C15H28O.C7H14.C4H7N3O7/c1-2-3-4-5-6-11-15(16)13-12-14-9-7-8-10-14;1-3-5-7-6-4-2;8-3-5-4(1-13-6(9)10)2-14-7(11)12/h14H,2-13H2,1H3;3,5H,4,6-7H2,1-2H3;3-4H,1-2H2,(H,5,8)/b;5-3-;. The van der Waals surface area contributed by atoms with Gasteiger partial charge < -0.3 is 15.0 Å². The number of allylic oxidation sites excluding steroid dienone is 2. The molecule has 11 heteroatoms. The third-order valence-electron chi connectivity index (χ3n) is 5.89. The monoisotopic (exact) mass is 531 g/mol. The molecule has 1 aliphatic rings. The van der Waals surface area contributed by atoms with Gasteiger partial charge in [0.25, 0.3) is 10.2 Å². The van der Waals surface area contributed by atoms with E-state index in [1.807, 2.05) is 0 Å². The third kappa shape index (κ3) is 29.4. The Morgan fingerprint density at radius 1 is 0.946 bits per heavy atom. The summed E-state index contributed by atoms with van der Waals surface area (Å²) in [6.07, 6.45) is 23.2. The summed E-state index contributed by atoms with van der Waals surface area (Å²) >= 11 is 0. The Morgan fingerprint density at radius 2 is 1.51 bits per heavy atom. The molecule has 0 aromatic rings. The number of nitrogens with zero attached hydrogens (tertiary/aromatic N) is 2. The molecule has 0 unspecified atom stereocenters. The normalized spacial score (nSPS) is 12.8. The van der Waals surface area contributed by atoms with E-state index in [9.17, 15) is 29.8 Å². The summed E-state index contributed by atoms with van der Waals surface area (Å²) in [7, 11) is 0. The molecule has 0 aromatic heterocycles. The van der Waals surface area contributed by atoms with Crippen molar-refractivity contribution in [1.29, 1.82) is 0 Å². The molecule has 1 saturated carbocycles. The van der Waals surface area contributed by atoms with Gasteiger partial charge in [-0.05, 0) is 32.1 Å². The molecule has 11 nitrogen and oxygen atoms in total. The van der Waals surface area contributed by atoms with E-state index in [4.69, 9.17) is 0 Å². The molecule has 0 radical (unpaired) electrons. The van der Waals surface area contributed by atoms with Crippen LogP contribution in [0, 0.1) is 26.1 Å². The zero-order valence-electron chi connectivity index (χ0n) is 23.1. The van der Waals surface area contributed by atoms with E-state index in [2.05, 4.69) is 47.9 Å². The van der Waals surface area contributed by atoms with Gasteiger partial charge in [0.15, 0.2) is 0 Å². The minimum atomic E-state index is -1.08. The van der Waals surface area contributed by atoms with Gasteiger partial charge in [0.1, 0.15) is 19.0 Å². The van der Waals surface area contributed by atoms with Crippen LogP contribution in [-0.4, -0.2) is 41.6 Å². The summed E-state index contributed by atoms with van der Waals surface area (Å²) in [6, 6.07) is -0.941. The first-order chi connectivity index (χ1) is 17.8. The summed E-state index contributed by atoms with van der Waals surface area (Å²) < 4.78 is 0. The van der Waals surface area contributed by atoms with Gasteiger partial charge in [0.2, 0.25) is 6.41 Å². The predicted molar refractivity (Wildman–Crippen MR) is 143 cm³/mol. The van der Waals surface area contributed by atoms with Crippen molar-refractivity contribution in [3.05, 3.63) is 32.4 Å². The van der Waals surface area contributed by atoms with Crippen LogP contribution in [0.15, 0.2) is 12.2 Å². The Hall–Kier alpha value is -2.72. The van der Waals surface area contributed by atoms with Gasteiger partial charge in [-0.25, -0.2) is 0 Å². The molecule has 0 heterocycles. The smallest absolute Gasteiger partial charge is 0.294 e. The predicted octanol–water partition coefficient (Wildman–Crippen LogP) is 6.16. The van der Waals surface area contributed by atoms with Gasteiger partial charge >= 0.3 is 0 Å². The number of carbonyl (C=O) groups is 2. The number of ketones is 1. The molecule has 1 amide bonds. The largest absolute Gasteiger partial charge is 0.352 e. The topological polar surface area (TPSA) is 151 Å². The number of amides is 1. The Morgan fingerprint density at radius 3 is 2.00 bits per heavy atom. The molecule has 0 aromatic carbocycles. The number of carbonyl (C=O) groups excluding carboxylic acids is 2. The zero-order chi connectivity index (χ0) is 28.2. The molecular formula is C26H49N3O8. The lowest BCUT2D eigenvalue weighted by atomic mass is 9.98. The van der Waals surface area contributed by atoms with Crippen LogP contribution in [0.5, 0.6) is 0 Å². The molecule has 1 N–H and O–H groups in total. The van der Waals surface area contributed by atoms with Gasteiger partial charge in [-0.3, -0.25) is 9.59 Å². The number of Topliss-reactive ketones (excluding diaryl/α,β-unsaturated/α-hetero) is 1. The van der Waals surface area contributed by atoms with E-state index >= 15 is 0 Å². The highest BCUT2D eigenvalue weighted by atomic mass is 17.0. The van der Waals surface area contributed by atoms with Crippen molar-refractivity contribution >= 4 is 12.2 Å². The second kappa shape index (κ2) is 27.9. The van der Waals surface area contributed by atoms with E-state index in [1.54, 1.807) is 0 Å². The van der Waals surface area contributed by atoms with Crippen LogP contribution >= 0.6 is 0 Å². The van der Waals surface area contributed by atoms with E-state index in [0.717, 1.165) is 25.2 Å². The lowest BCUT2D eigenvalue weighted by molar-refractivity contribution is -0.766. The molecule has 0 aliphatic heterocycles. The Bertz CT molecular complexity index is 593. The quantitative estimate of drug-likeness (QED) is 0.0645. The summed E-state index contributed by atoms with van der Waals surface area (Å²) in [4.78, 5) is 48.8. The molecule has 1 aliphatic carbocycles. The average molecular weight is 532 g/mol. The van der Waals surface area contributed by atoms with Crippen LogP contribution in [-0.2, 0) is 19.3 Å². The van der Waals surface area contributed by atoms with E-state index in [-0.39, 0.29) is 6.41 Å². The summed E-state index contributed by atoms with van der Waals surface area (Å²) in [6.45, 7) is 5.48. The molecule has 1 rings (SSSR count). The fourth-order valence-electron chi connectivity index (χ4n) is 3.75. The molecule has 0 saturated heterocycles. The summed E-state index contributed by atoms with van der Waals surface area (Å²) in [5, 5.41) is 19.4. The van der Waals surface area contributed by atoms with Crippen molar-refractivity contribution in [3.8, 4) is 0 Å². The first-order valence-corrected chi connectivity index (χ1v) is 13.7. The highest BCUT2D eigenvalue weighted by Gasteiger charge is 2.16. The van der Waals surface area contributed by atoms with Gasteiger partial charge in [-0.15, -0.1) is 20.2 Å². The van der Waals surface area contributed by atoms with Crippen LogP contribution in [0.3, 0.4) is 0 Å². The zero-order valence-corrected chi connectivity index (χ0v) is 23.1.